The first-order valence-corrected chi connectivity index (χ1v) is 14.0. The third-order valence-corrected chi connectivity index (χ3v) is 7.68. The molecule has 3 N–H and O–H groups in total. The third-order valence-electron chi connectivity index (χ3n) is 6.50. The van der Waals surface area contributed by atoms with Crippen LogP contribution in [0.5, 0.6) is 0 Å². The number of sulfonamides is 1. The van der Waals surface area contributed by atoms with Gasteiger partial charge in [0.05, 0.1) is 36.3 Å². The number of halogens is 1. The summed E-state index contributed by atoms with van der Waals surface area (Å²) in [5, 5.41) is 20.7. The maximum absolute atomic E-state index is 13.2. The van der Waals surface area contributed by atoms with E-state index in [4.69, 9.17) is 5.10 Å². The molecule has 4 aromatic rings. The maximum Gasteiger partial charge on any atom is 0.270 e. The van der Waals surface area contributed by atoms with E-state index in [0.29, 0.717) is 28.0 Å². The van der Waals surface area contributed by atoms with Gasteiger partial charge < -0.3 is 15.7 Å². The Morgan fingerprint density at radius 1 is 1.11 bits per heavy atom. The molecule has 1 saturated carbocycles. The number of nitrogens with zero attached hydrogens (tertiary/aromatic N) is 3. The number of nitrogens with one attached hydrogen (secondary N) is 2. The second-order valence-electron chi connectivity index (χ2n) is 9.28. The molecule has 0 unspecified atom stereocenters. The molecule has 1 aliphatic rings. The first-order valence-electron chi connectivity index (χ1n) is 12.2. The molecule has 9 nitrogen and oxygen atoms in total. The first-order chi connectivity index (χ1) is 18.2. The fourth-order valence-electron chi connectivity index (χ4n) is 4.54. The zero-order valence-corrected chi connectivity index (χ0v) is 21.8. The standard InChI is InChI=1S/C27H28FN5O4S/c1-29-27(35)26-23-15-22(17-3-4-17)25(32(13-14-34)38(2,36)37)16-24(23)31-33(26)21-11-9-20(10-12-21)30-19-7-5-18(28)6-8-19/h5-12,15-17,30,34H,3-4,13-14H2,1-2H3,(H,29,35). The van der Waals surface area contributed by atoms with Gasteiger partial charge in [0.2, 0.25) is 10.0 Å². The molecular formula is C27H28FN5O4S. The van der Waals surface area contributed by atoms with Gasteiger partial charge in [-0.15, -0.1) is 0 Å². The van der Waals surface area contributed by atoms with Crippen LogP contribution in [0, 0.1) is 5.82 Å². The average Bonchev–Trinajstić information content (AvgIpc) is 3.67. The van der Waals surface area contributed by atoms with Gasteiger partial charge in [0.15, 0.2) is 0 Å². The Kier molecular flexibility index (Phi) is 6.80. The molecular weight excluding hydrogens is 509 g/mol. The number of carbonyl (C=O) groups is 1. The van der Waals surface area contributed by atoms with E-state index in [9.17, 15) is 22.7 Å². The predicted octanol–water partition coefficient (Wildman–Crippen LogP) is 3.90. The largest absolute Gasteiger partial charge is 0.394 e. The van der Waals surface area contributed by atoms with Crippen molar-refractivity contribution in [1.29, 1.82) is 0 Å². The number of benzene rings is 3. The van der Waals surface area contributed by atoms with Crippen molar-refractivity contribution in [3.05, 3.63) is 77.7 Å². The topological polar surface area (TPSA) is 117 Å². The van der Waals surface area contributed by atoms with Crippen LogP contribution in [0.1, 0.15) is 34.8 Å². The molecule has 198 valence electrons. The molecule has 38 heavy (non-hydrogen) atoms. The van der Waals surface area contributed by atoms with Crippen LogP contribution in [-0.2, 0) is 10.0 Å². The summed E-state index contributed by atoms with van der Waals surface area (Å²) in [6, 6.07) is 16.8. The van der Waals surface area contributed by atoms with Crippen LogP contribution >= 0.6 is 0 Å². The van der Waals surface area contributed by atoms with Crippen LogP contribution in [0.4, 0.5) is 21.5 Å². The summed E-state index contributed by atoms with van der Waals surface area (Å²) in [6.45, 7) is -0.402. The van der Waals surface area contributed by atoms with Crippen LogP contribution < -0.4 is 14.9 Å². The summed E-state index contributed by atoms with van der Waals surface area (Å²) in [4.78, 5) is 13.0. The van der Waals surface area contributed by atoms with E-state index in [1.54, 1.807) is 29.9 Å². The zero-order valence-electron chi connectivity index (χ0n) is 21.0. The van der Waals surface area contributed by atoms with Crippen molar-refractivity contribution in [3.8, 4) is 5.69 Å². The number of carbonyl (C=O) groups excluding carboxylic acids is 1. The molecule has 0 radical (unpaired) electrons. The van der Waals surface area contributed by atoms with Crippen molar-refractivity contribution in [2.24, 2.45) is 0 Å². The number of rotatable bonds is 9. The van der Waals surface area contributed by atoms with E-state index in [1.807, 2.05) is 30.3 Å². The van der Waals surface area contributed by atoms with Gasteiger partial charge in [-0.2, -0.15) is 5.10 Å². The molecule has 0 bridgehead atoms. The third kappa shape index (κ3) is 5.07. The summed E-state index contributed by atoms with van der Waals surface area (Å²) in [7, 11) is -2.11. The van der Waals surface area contributed by atoms with E-state index >= 15 is 0 Å². The van der Waals surface area contributed by atoms with E-state index in [1.165, 1.54) is 16.4 Å². The molecule has 0 spiro atoms. The molecule has 11 heteroatoms. The SMILES string of the molecule is CNC(=O)c1c2cc(C3CC3)c(N(CCO)S(C)(=O)=O)cc2nn1-c1ccc(Nc2ccc(F)cc2)cc1. The number of aromatic nitrogens is 2. The number of hydrogen-bond donors (Lipinski definition) is 3. The number of hydrogen-bond acceptors (Lipinski definition) is 6. The monoisotopic (exact) mass is 537 g/mol. The predicted molar refractivity (Wildman–Crippen MR) is 145 cm³/mol. The minimum Gasteiger partial charge on any atom is -0.394 e. The Hall–Kier alpha value is -3.96. The summed E-state index contributed by atoms with van der Waals surface area (Å²) >= 11 is 0. The lowest BCUT2D eigenvalue weighted by atomic mass is 10.0. The molecule has 5 rings (SSSR count). The lowest BCUT2D eigenvalue weighted by Gasteiger charge is -2.24. The second-order valence-corrected chi connectivity index (χ2v) is 11.2. The smallest absolute Gasteiger partial charge is 0.270 e. The molecule has 3 aromatic carbocycles. The van der Waals surface area contributed by atoms with Crippen LogP contribution in [0.2, 0.25) is 0 Å². The van der Waals surface area contributed by atoms with Gasteiger partial charge in [0.1, 0.15) is 11.5 Å². The molecule has 1 amide bonds. The Morgan fingerprint density at radius 2 is 1.74 bits per heavy atom. The van der Waals surface area contributed by atoms with Gasteiger partial charge in [-0.1, -0.05) is 0 Å². The summed E-state index contributed by atoms with van der Waals surface area (Å²) in [6.07, 6.45) is 2.95. The summed E-state index contributed by atoms with van der Waals surface area (Å²) < 4.78 is 41.1. The minimum absolute atomic E-state index is 0.0738. The molecule has 1 heterocycles. The van der Waals surface area contributed by atoms with Gasteiger partial charge in [-0.3, -0.25) is 9.10 Å². The number of anilines is 3. The number of fused-ring (bicyclic) bond motifs is 1. The normalized spacial score (nSPS) is 13.5. The van der Waals surface area contributed by atoms with Crippen LogP contribution in [0.25, 0.3) is 16.6 Å². The van der Waals surface area contributed by atoms with Gasteiger partial charge >= 0.3 is 0 Å². The maximum atomic E-state index is 13.2. The van der Waals surface area contributed by atoms with E-state index in [0.717, 1.165) is 36.0 Å². The Labute approximate surface area is 219 Å². The zero-order chi connectivity index (χ0) is 27.0. The van der Waals surface area contributed by atoms with Crippen LogP contribution in [0.15, 0.2) is 60.7 Å². The number of aliphatic hydroxyl groups excluding tert-OH is 1. The molecule has 0 aliphatic heterocycles. The van der Waals surface area contributed by atoms with Crippen molar-refractivity contribution in [1.82, 2.24) is 15.1 Å². The summed E-state index contributed by atoms with van der Waals surface area (Å²) in [5.41, 5.74) is 4.22. The fraction of sp³-hybridized carbons (Fsp3) is 0.259. The van der Waals surface area contributed by atoms with E-state index < -0.39 is 10.0 Å². The number of aliphatic hydroxyl groups is 1. The Bertz CT molecular complexity index is 1600. The van der Waals surface area contributed by atoms with Crippen molar-refractivity contribution < 1.29 is 22.7 Å². The highest BCUT2D eigenvalue weighted by Crippen LogP contribution is 2.46. The second kappa shape index (κ2) is 10.1. The Morgan fingerprint density at radius 3 is 2.29 bits per heavy atom. The minimum atomic E-state index is -3.65. The van der Waals surface area contributed by atoms with E-state index in [-0.39, 0.29) is 30.8 Å². The average molecular weight is 538 g/mol. The molecule has 1 fully saturated rings. The van der Waals surface area contributed by atoms with Crippen molar-refractivity contribution in [2.45, 2.75) is 18.8 Å². The molecule has 1 aliphatic carbocycles. The molecule has 0 atom stereocenters. The van der Waals surface area contributed by atoms with Gasteiger partial charge in [-0.05, 0) is 85.0 Å². The van der Waals surface area contributed by atoms with Crippen LogP contribution in [-0.4, -0.2) is 55.7 Å². The van der Waals surface area contributed by atoms with Gasteiger partial charge in [0, 0.05) is 23.8 Å². The summed E-state index contributed by atoms with van der Waals surface area (Å²) in [5.74, 6) is -0.469. The lowest BCUT2D eigenvalue weighted by molar-refractivity contribution is 0.0957. The van der Waals surface area contributed by atoms with Crippen molar-refractivity contribution >= 4 is 43.9 Å². The highest BCUT2D eigenvalue weighted by Gasteiger charge is 2.32. The molecule has 0 saturated heterocycles. The fourth-order valence-corrected chi connectivity index (χ4v) is 5.47. The van der Waals surface area contributed by atoms with E-state index in [2.05, 4.69) is 10.6 Å². The van der Waals surface area contributed by atoms with Crippen molar-refractivity contribution in [2.75, 3.05) is 36.1 Å². The first kappa shape index (κ1) is 25.7. The quantitative estimate of drug-likeness (QED) is 0.298. The van der Waals surface area contributed by atoms with Crippen LogP contribution in [0.3, 0.4) is 0 Å². The molecule has 1 aromatic heterocycles. The number of amides is 1. The van der Waals surface area contributed by atoms with Gasteiger partial charge in [-0.25, -0.2) is 17.5 Å². The highest BCUT2D eigenvalue weighted by molar-refractivity contribution is 7.92. The van der Waals surface area contributed by atoms with Crippen molar-refractivity contribution in [3.63, 3.8) is 0 Å². The van der Waals surface area contributed by atoms with Gasteiger partial charge in [0.25, 0.3) is 5.91 Å². The Balaban J connectivity index is 1.60. The highest BCUT2D eigenvalue weighted by atomic mass is 32.2. The lowest BCUT2D eigenvalue weighted by Crippen LogP contribution is -2.33.